The van der Waals surface area contributed by atoms with Crippen molar-refractivity contribution in [2.75, 3.05) is 5.32 Å². The molecule has 0 saturated heterocycles. The Balaban J connectivity index is 1.43. The van der Waals surface area contributed by atoms with E-state index in [9.17, 15) is 9.59 Å². The standard InChI is InChI=1S/C32H26ClN3O3/c1-19-29(32(38)36-28-12-5-6-15-34-28)31(27-14-13-26(39-27)21-10-7-11-23(33)16-21)30-24(35-19)17-22(18-25(30)37)20-8-3-2-4-9-20/h2-16,22,31,35H,17-18H2,1H3,(H,34,36,38)/t22-,31+/m0/s1. The smallest absolute Gasteiger partial charge is 0.255 e. The molecule has 194 valence electrons. The number of hydrogen-bond acceptors (Lipinski definition) is 5. The third-order valence-corrected chi connectivity index (χ3v) is 7.51. The number of furan rings is 1. The maximum Gasteiger partial charge on any atom is 0.255 e. The van der Waals surface area contributed by atoms with E-state index in [1.165, 1.54) is 0 Å². The Morgan fingerprint density at radius 1 is 1.00 bits per heavy atom. The topological polar surface area (TPSA) is 84.2 Å². The van der Waals surface area contributed by atoms with Gasteiger partial charge >= 0.3 is 0 Å². The lowest BCUT2D eigenvalue weighted by atomic mass is 9.73. The molecule has 0 unspecified atom stereocenters. The van der Waals surface area contributed by atoms with Gasteiger partial charge in [0.1, 0.15) is 17.3 Å². The minimum Gasteiger partial charge on any atom is -0.460 e. The maximum absolute atomic E-state index is 13.8. The number of anilines is 1. The fraction of sp³-hybridized carbons (Fsp3) is 0.156. The number of carbonyl (C=O) groups is 2. The van der Waals surface area contributed by atoms with Crippen LogP contribution in [0.3, 0.4) is 0 Å². The van der Waals surface area contributed by atoms with Crippen molar-refractivity contribution in [3.8, 4) is 11.3 Å². The molecule has 0 bridgehead atoms. The van der Waals surface area contributed by atoms with Crippen molar-refractivity contribution in [2.45, 2.75) is 31.6 Å². The molecule has 1 aliphatic carbocycles. The van der Waals surface area contributed by atoms with E-state index in [2.05, 4.69) is 27.8 Å². The number of Topliss-reactive ketones (excluding diaryl/α,β-unsaturated/α-hetero) is 1. The Labute approximate surface area is 231 Å². The largest absolute Gasteiger partial charge is 0.460 e. The molecule has 3 heterocycles. The van der Waals surface area contributed by atoms with Gasteiger partial charge in [0.15, 0.2) is 5.78 Å². The zero-order chi connectivity index (χ0) is 26.9. The number of ketones is 1. The number of rotatable bonds is 5. The van der Waals surface area contributed by atoms with Crippen molar-refractivity contribution in [1.82, 2.24) is 10.3 Å². The number of nitrogens with one attached hydrogen (secondary N) is 2. The predicted octanol–water partition coefficient (Wildman–Crippen LogP) is 7.00. The minimum atomic E-state index is -0.665. The monoisotopic (exact) mass is 535 g/mol. The Bertz CT molecular complexity index is 1620. The lowest BCUT2D eigenvalue weighted by molar-refractivity contribution is -0.116. The maximum atomic E-state index is 13.8. The van der Waals surface area contributed by atoms with Crippen molar-refractivity contribution in [2.24, 2.45) is 0 Å². The molecule has 2 aromatic heterocycles. The Hall–Kier alpha value is -4.42. The molecule has 1 amide bonds. The number of halogens is 1. The molecular weight excluding hydrogens is 510 g/mol. The highest BCUT2D eigenvalue weighted by atomic mass is 35.5. The van der Waals surface area contributed by atoms with Crippen molar-refractivity contribution in [3.63, 3.8) is 0 Å². The van der Waals surface area contributed by atoms with E-state index in [0.717, 1.165) is 16.8 Å². The molecular formula is C32H26ClN3O3. The van der Waals surface area contributed by atoms with Crippen LogP contribution in [-0.4, -0.2) is 16.7 Å². The van der Waals surface area contributed by atoms with Gasteiger partial charge in [-0.25, -0.2) is 4.98 Å². The molecule has 2 atom stereocenters. The number of aromatic nitrogens is 1. The van der Waals surface area contributed by atoms with E-state index in [1.54, 1.807) is 30.5 Å². The number of hydrogen-bond donors (Lipinski definition) is 2. The average Bonchev–Trinajstić information content (AvgIpc) is 3.43. The second-order valence-electron chi connectivity index (χ2n) is 9.81. The van der Waals surface area contributed by atoms with Crippen LogP contribution >= 0.6 is 11.6 Å². The number of carbonyl (C=O) groups excluding carboxylic acids is 2. The Kier molecular flexibility index (Phi) is 6.63. The van der Waals surface area contributed by atoms with Crippen LogP contribution in [0.4, 0.5) is 5.82 Å². The fourth-order valence-electron chi connectivity index (χ4n) is 5.51. The van der Waals surface area contributed by atoms with Gasteiger partial charge in [0.05, 0.1) is 11.5 Å². The zero-order valence-corrected chi connectivity index (χ0v) is 22.0. The number of benzene rings is 2. The summed E-state index contributed by atoms with van der Waals surface area (Å²) in [5.41, 5.74) is 4.45. The first-order valence-electron chi connectivity index (χ1n) is 12.8. The zero-order valence-electron chi connectivity index (χ0n) is 21.3. The van der Waals surface area contributed by atoms with Gasteiger partial charge in [0.25, 0.3) is 5.91 Å². The molecule has 2 aromatic carbocycles. The second-order valence-corrected chi connectivity index (χ2v) is 10.2. The van der Waals surface area contributed by atoms with Crippen LogP contribution < -0.4 is 10.6 Å². The molecule has 0 spiro atoms. The molecule has 4 aromatic rings. The van der Waals surface area contributed by atoms with Crippen LogP contribution in [0.25, 0.3) is 11.3 Å². The molecule has 39 heavy (non-hydrogen) atoms. The molecule has 0 radical (unpaired) electrons. The quantitative estimate of drug-likeness (QED) is 0.287. The number of amides is 1. The van der Waals surface area contributed by atoms with Crippen molar-refractivity contribution in [1.29, 1.82) is 0 Å². The van der Waals surface area contributed by atoms with E-state index in [-0.39, 0.29) is 17.6 Å². The van der Waals surface area contributed by atoms with Crippen LogP contribution in [0.15, 0.2) is 118 Å². The molecule has 1 aliphatic heterocycles. The molecule has 0 saturated carbocycles. The summed E-state index contributed by atoms with van der Waals surface area (Å²) in [7, 11) is 0. The Morgan fingerprint density at radius 2 is 1.82 bits per heavy atom. The van der Waals surface area contributed by atoms with E-state index >= 15 is 0 Å². The third kappa shape index (κ3) is 4.91. The number of allylic oxidation sites excluding steroid dienone is 3. The lowest BCUT2D eigenvalue weighted by Crippen LogP contribution is -2.37. The van der Waals surface area contributed by atoms with Crippen LogP contribution in [0.1, 0.15) is 42.9 Å². The van der Waals surface area contributed by atoms with Crippen LogP contribution in [0.5, 0.6) is 0 Å². The normalized spacial score (nSPS) is 19.0. The van der Waals surface area contributed by atoms with Crippen LogP contribution in [-0.2, 0) is 9.59 Å². The summed E-state index contributed by atoms with van der Waals surface area (Å²) in [5.74, 6) is 0.618. The fourth-order valence-corrected chi connectivity index (χ4v) is 5.70. The van der Waals surface area contributed by atoms with Gasteiger partial charge in [-0.2, -0.15) is 0 Å². The van der Waals surface area contributed by atoms with Crippen molar-refractivity contribution >= 4 is 29.1 Å². The van der Waals surface area contributed by atoms with Gasteiger partial charge < -0.3 is 15.1 Å². The van der Waals surface area contributed by atoms with Gasteiger partial charge in [-0.05, 0) is 61.2 Å². The van der Waals surface area contributed by atoms with Gasteiger partial charge in [0, 0.05) is 40.2 Å². The highest BCUT2D eigenvalue weighted by Crippen LogP contribution is 2.46. The molecule has 6 nitrogen and oxygen atoms in total. The van der Waals surface area contributed by atoms with Gasteiger partial charge in [0.2, 0.25) is 0 Å². The summed E-state index contributed by atoms with van der Waals surface area (Å²) in [6.07, 6.45) is 2.64. The van der Waals surface area contributed by atoms with Crippen LogP contribution in [0, 0.1) is 0 Å². The minimum absolute atomic E-state index is 0.000977. The van der Waals surface area contributed by atoms with Crippen molar-refractivity contribution in [3.05, 3.63) is 130 Å². The van der Waals surface area contributed by atoms with E-state index in [4.69, 9.17) is 16.0 Å². The van der Waals surface area contributed by atoms with Gasteiger partial charge in [-0.3, -0.25) is 9.59 Å². The highest BCUT2D eigenvalue weighted by molar-refractivity contribution is 6.30. The molecule has 2 aliphatic rings. The van der Waals surface area contributed by atoms with E-state index in [0.29, 0.717) is 52.0 Å². The summed E-state index contributed by atoms with van der Waals surface area (Å²) >= 11 is 6.22. The van der Waals surface area contributed by atoms with Crippen LogP contribution in [0.2, 0.25) is 5.02 Å². The highest BCUT2D eigenvalue weighted by Gasteiger charge is 2.42. The van der Waals surface area contributed by atoms with Crippen molar-refractivity contribution < 1.29 is 14.0 Å². The third-order valence-electron chi connectivity index (χ3n) is 7.27. The summed E-state index contributed by atoms with van der Waals surface area (Å²) < 4.78 is 6.35. The number of dihydropyridines is 1. The van der Waals surface area contributed by atoms with Gasteiger partial charge in [-0.1, -0.05) is 60.1 Å². The molecule has 7 heteroatoms. The summed E-state index contributed by atoms with van der Waals surface area (Å²) in [6.45, 7) is 1.86. The summed E-state index contributed by atoms with van der Waals surface area (Å²) in [5, 5.41) is 6.90. The molecule has 0 fully saturated rings. The lowest BCUT2D eigenvalue weighted by Gasteiger charge is -2.36. The average molecular weight is 536 g/mol. The van der Waals surface area contributed by atoms with E-state index in [1.807, 2.05) is 55.5 Å². The first-order chi connectivity index (χ1) is 19.0. The Morgan fingerprint density at radius 3 is 2.59 bits per heavy atom. The molecule has 2 N–H and O–H groups in total. The molecule has 6 rings (SSSR count). The summed E-state index contributed by atoms with van der Waals surface area (Å²) in [6, 6.07) is 26.5. The summed E-state index contributed by atoms with van der Waals surface area (Å²) in [4.78, 5) is 31.8. The van der Waals surface area contributed by atoms with Gasteiger partial charge in [-0.15, -0.1) is 0 Å². The first-order valence-corrected chi connectivity index (χ1v) is 13.2. The predicted molar refractivity (Wildman–Crippen MR) is 151 cm³/mol. The first kappa shape index (κ1) is 24.9. The van der Waals surface area contributed by atoms with E-state index < -0.39 is 5.92 Å². The number of pyridine rings is 1. The second kappa shape index (κ2) is 10.4. The number of nitrogens with zero attached hydrogens (tertiary/aromatic N) is 1. The SMILES string of the molecule is CC1=C(C(=O)Nc2ccccn2)[C@@H](c2ccc(-c3cccc(Cl)c3)o2)C2=C(C[C@H](c3ccccc3)CC2=O)N1.